The van der Waals surface area contributed by atoms with Crippen LogP contribution in [0.3, 0.4) is 0 Å². The fraction of sp³-hybridized carbons (Fsp3) is 0.429. The Kier molecular flexibility index (Phi) is 3.94. The Morgan fingerprint density at radius 3 is 2.79 bits per heavy atom. The molecule has 1 aromatic carbocycles. The number of benzene rings is 1. The van der Waals surface area contributed by atoms with Crippen molar-refractivity contribution < 1.29 is 4.42 Å². The molecule has 1 aliphatic heterocycles. The smallest absolute Gasteiger partial charge is 0.247 e. The first-order valence-corrected chi connectivity index (χ1v) is 7.41. The Bertz CT molecular complexity index is 549. The number of piperidine rings is 1. The average molecular weight is 322 g/mol. The van der Waals surface area contributed by atoms with Crippen molar-refractivity contribution in [2.45, 2.75) is 25.8 Å². The summed E-state index contributed by atoms with van der Waals surface area (Å²) in [7, 11) is 0. The first kappa shape index (κ1) is 12.8. The van der Waals surface area contributed by atoms with Crippen LogP contribution in [0.25, 0.3) is 11.5 Å². The number of halogens is 1. The zero-order valence-corrected chi connectivity index (χ0v) is 12.3. The van der Waals surface area contributed by atoms with Crippen molar-refractivity contribution in [1.29, 1.82) is 0 Å². The van der Waals surface area contributed by atoms with Gasteiger partial charge in [-0.15, -0.1) is 10.2 Å². The average Bonchev–Trinajstić information content (AvgIpc) is 2.88. The van der Waals surface area contributed by atoms with Crippen LogP contribution in [-0.4, -0.2) is 28.2 Å². The molecule has 5 heteroatoms. The van der Waals surface area contributed by atoms with Crippen LogP contribution in [0.1, 0.15) is 25.2 Å². The number of nitrogens with zero attached hydrogens (tertiary/aromatic N) is 3. The molecule has 0 saturated carbocycles. The highest BCUT2D eigenvalue weighted by atomic mass is 79.9. The van der Waals surface area contributed by atoms with Gasteiger partial charge >= 0.3 is 0 Å². The summed E-state index contributed by atoms with van der Waals surface area (Å²) in [5.74, 6) is 1.30. The van der Waals surface area contributed by atoms with Gasteiger partial charge < -0.3 is 4.42 Å². The molecule has 2 heterocycles. The van der Waals surface area contributed by atoms with Gasteiger partial charge in [0.1, 0.15) is 0 Å². The first-order chi connectivity index (χ1) is 9.31. The lowest BCUT2D eigenvalue weighted by Gasteiger charge is -2.24. The zero-order valence-electron chi connectivity index (χ0n) is 10.7. The summed E-state index contributed by atoms with van der Waals surface area (Å²) in [6.07, 6.45) is 3.88. The van der Waals surface area contributed by atoms with E-state index >= 15 is 0 Å². The van der Waals surface area contributed by atoms with Crippen LogP contribution in [0.5, 0.6) is 0 Å². The second-order valence-electron chi connectivity index (χ2n) is 4.85. The van der Waals surface area contributed by atoms with Gasteiger partial charge in [-0.05, 0) is 44.1 Å². The molecule has 1 saturated heterocycles. The monoisotopic (exact) mass is 321 g/mol. The van der Waals surface area contributed by atoms with Crippen LogP contribution in [0.15, 0.2) is 33.2 Å². The molecule has 0 amide bonds. The number of hydrogen-bond acceptors (Lipinski definition) is 4. The molecule has 1 aromatic heterocycles. The molecule has 3 rings (SSSR count). The molecular formula is C14H16BrN3O. The molecule has 0 radical (unpaired) electrons. The molecule has 4 nitrogen and oxygen atoms in total. The normalized spacial score (nSPS) is 16.7. The minimum Gasteiger partial charge on any atom is -0.419 e. The molecule has 2 aromatic rings. The second kappa shape index (κ2) is 5.84. The van der Waals surface area contributed by atoms with Gasteiger partial charge in [-0.1, -0.05) is 28.4 Å². The highest BCUT2D eigenvalue weighted by Gasteiger charge is 2.15. The van der Waals surface area contributed by atoms with E-state index in [9.17, 15) is 0 Å². The summed E-state index contributed by atoms with van der Waals surface area (Å²) in [6, 6.07) is 7.91. The van der Waals surface area contributed by atoms with Crippen LogP contribution < -0.4 is 0 Å². The summed E-state index contributed by atoms with van der Waals surface area (Å²) in [4.78, 5) is 2.38. The van der Waals surface area contributed by atoms with Crippen molar-refractivity contribution >= 4 is 15.9 Å². The number of aromatic nitrogens is 2. The third-order valence-electron chi connectivity index (χ3n) is 3.35. The summed E-state index contributed by atoms with van der Waals surface area (Å²) in [5, 5.41) is 8.27. The van der Waals surface area contributed by atoms with Crippen molar-refractivity contribution in [2.75, 3.05) is 13.1 Å². The number of likely N-dealkylation sites (tertiary alicyclic amines) is 1. The summed E-state index contributed by atoms with van der Waals surface area (Å²) in [5.41, 5.74) is 0.951. The Balaban J connectivity index is 1.72. The van der Waals surface area contributed by atoms with E-state index in [2.05, 4.69) is 31.0 Å². The van der Waals surface area contributed by atoms with Crippen LogP contribution in [0, 0.1) is 0 Å². The zero-order chi connectivity index (χ0) is 13.1. The van der Waals surface area contributed by atoms with Gasteiger partial charge in [-0.3, -0.25) is 4.90 Å². The molecular weight excluding hydrogens is 306 g/mol. The van der Waals surface area contributed by atoms with Gasteiger partial charge in [0.2, 0.25) is 11.8 Å². The molecule has 19 heavy (non-hydrogen) atoms. The Morgan fingerprint density at radius 2 is 2.00 bits per heavy atom. The van der Waals surface area contributed by atoms with Crippen molar-refractivity contribution in [2.24, 2.45) is 0 Å². The summed E-state index contributed by atoms with van der Waals surface area (Å²) in [6.45, 7) is 3.03. The Labute approximate surface area is 121 Å². The van der Waals surface area contributed by atoms with Crippen molar-refractivity contribution in [3.8, 4) is 11.5 Å². The predicted molar refractivity (Wildman–Crippen MR) is 76.6 cm³/mol. The molecule has 0 spiro atoms. The SMILES string of the molecule is Brc1cccc(-c2nnc(CN3CCCCC3)o2)c1. The molecule has 0 N–H and O–H groups in total. The van der Waals surface area contributed by atoms with Gasteiger partial charge in [0.05, 0.1) is 6.54 Å². The van der Waals surface area contributed by atoms with Crippen LogP contribution in [0.2, 0.25) is 0 Å². The van der Waals surface area contributed by atoms with Crippen LogP contribution in [-0.2, 0) is 6.54 Å². The van der Waals surface area contributed by atoms with E-state index in [1.165, 1.54) is 19.3 Å². The second-order valence-corrected chi connectivity index (χ2v) is 5.76. The first-order valence-electron chi connectivity index (χ1n) is 6.62. The van der Waals surface area contributed by atoms with Gasteiger partial charge in [0, 0.05) is 10.0 Å². The fourth-order valence-corrected chi connectivity index (χ4v) is 2.76. The molecule has 0 unspecified atom stereocenters. The maximum atomic E-state index is 5.74. The molecule has 100 valence electrons. The van der Waals surface area contributed by atoms with E-state index in [0.717, 1.165) is 29.7 Å². The molecule has 0 aliphatic carbocycles. The maximum absolute atomic E-state index is 5.74. The molecule has 0 bridgehead atoms. The molecule has 1 fully saturated rings. The van der Waals surface area contributed by atoms with Gasteiger partial charge in [-0.2, -0.15) is 0 Å². The van der Waals surface area contributed by atoms with Gasteiger partial charge in [0.15, 0.2) is 0 Å². The minimum atomic E-state index is 0.591. The van der Waals surface area contributed by atoms with Crippen molar-refractivity contribution in [1.82, 2.24) is 15.1 Å². The van der Waals surface area contributed by atoms with Gasteiger partial charge in [-0.25, -0.2) is 0 Å². The van der Waals surface area contributed by atoms with E-state index in [1.54, 1.807) is 0 Å². The Morgan fingerprint density at radius 1 is 1.16 bits per heavy atom. The highest BCUT2D eigenvalue weighted by molar-refractivity contribution is 9.10. The van der Waals surface area contributed by atoms with Crippen LogP contribution in [0.4, 0.5) is 0 Å². The number of rotatable bonds is 3. The number of hydrogen-bond donors (Lipinski definition) is 0. The van der Waals surface area contributed by atoms with E-state index in [1.807, 2.05) is 24.3 Å². The van der Waals surface area contributed by atoms with E-state index in [-0.39, 0.29) is 0 Å². The third kappa shape index (κ3) is 3.22. The standard InChI is InChI=1S/C14H16BrN3O/c15-12-6-4-5-11(9-12)14-17-16-13(19-14)10-18-7-2-1-3-8-18/h4-6,9H,1-3,7-8,10H2. The topological polar surface area (TPSA) is 42.2 Å². The molecule has 0 atom stereocenters. The van der Waals surface area contributed by atoms with E-state index < -0.39 is 0 Å². The fourth-order valence-electron chi connectivity index (χ4n) is 2.36. The largest absolute Gasteiger partial charge is 0.419 e. The van der Waals surface area contributed by atoms with E-state index in [0.29, 0.717) is 11.8 Å². The lowest BCUT2D eigenvalue weighted by Crippen LogP contribution is -2.29. The quantitative estimate of drug-likeness (QED) is 0.867. The van der Waals surface area contributed by atoms with Gasteiger partial charge in [0.25, 0.3) is 0 Å². The minimum absolute atomic E-state index is 0.591. The highest BCUT2D eigenvalue weighted by Crippen LogP contribution is 2.22. The maximum Gasteiger partial charge on any atom is 0.247 e. The van der Waals surface area contributed by atoms with Crippen LogP contribution >= 0.6 is 15.9 Å². The lowest BCUT2D eigenvalue weighted by molar-refractivity contribution is 0.202. The Hall–Kier alpha value is -1.20. The molecule has 1 aliphatic rings. The van der Waals surface area contributed by atoms with E-state index in [4.69, 9.17) is 4.42 Å². The summed E-state index contributed by atoms with van der Waals surface area (Å²) >= 11 is 3.45. The lowest BCUT2D eigenvalue weighted by atomic mass is 10.1. The van der Waals surface area contributed by atoms with Crippen molar-refractivity contribution in [3.05, 3.63) is 34.6 Å². The summed E-state index contributed by atoms with van der Waals surface area (Å²) < 4.78 is 6.76. The van der Waals surface area contributed by atoms with Crippen molar-refractivity contribution in [3.63, 3.8) is 0 Å². The predicted octanol–water partition coefficient (Wildman–Crippen LogP) is 3.49. The third-order valence-corrected chi connectivity index (χ3v) is 3.84.